The number of hydrogen-bond acceptors (Lipinski definition) is 3. The Bertz CT molecular complexity index is 468. The highest BCUT2D eigenvalue weighted by molar-refractivity contribution is 9.10. The van der Waals surface area contributed by atoms with Gasteiger partial charge in [0.1, 0.15) is 0 Å². The topological polar surface area (TPSA) is 52.0 Å². The minimum Gasteiger partial charge on any atom is -0.441 e. The molecule has 0 aliphatic carbocycles. The molecule has 1 heterocycles. The molecule has 1 aromatic heterocycles. The number of benzene rings is 1. The molecular weight excluding hydrogens is 268 g/mol. The molecule has 0 atom stereocenters. The maximum absolute atomic E-state index is 5.66. The van der Waals surface area contributed by atoms with Gasteiger partial charge in [0.25, 0.3) is 0 Å². The van der Waals surface area contributed by atoms with Gasteiger partial charge in [0.15, 0.2) is 11.7 Å². The van der Waals surface area contributed by atoms with Crippen LogP contribution >= 0.6 is 15.9 Å². The second kappa shape index (κ2) is 5.27. The third-order valence-corrected chi connectivity index (χ3v) is 2.98. The highest BCUT2D eigenvalue weighted by atomic mass is 79.9. The van der Waals surface area contributed by atoms with Gasteiger partial charge in [-0.3, -0.25) is 0 Å². The summed E-state index contributed by atoms with van der Waals surface area (Å²) in [7, 11) is 0. The summed E-state index contributed by atoms with van der Waals surface area (Å²) >= 11 is 3.49. The van der Waals surface area contributed by atoms with E-state index in [0.717, 1.165) is 34.5 Å². The zero-order valence-corrected chi connectivity index (χ0v) is 10.4. The van der Waals surface area contributed by atoms with Crippen molar-refractivity contribution in [3.63, 3.8) is 0 Å². The monoisotopic (exact) mass is 280 g/mol. The number of halogens is 1. The molecule has 84 valence electrons. The quantitative estimate of drug-likeness (QED) is 0.937. The van der Waals surface area contributed by atoms with E-state index in [-0.39, 0.29) is 0 Å². The van der Waals surface area contributed by atoms with Gasteiger partial charge in [-0.15, -0.1) is 0 Å². The first-order valence-corrected chi connectivity index (χ1v) is 6.00. The van der Waals surface area contributed by atoms with Crippen LogP contribution in [0.5, 0.6) is 0 Å². The van der Waals surface area contributed by atoms with Crippen LogP contribution in [0.3, 0.4) is 0 Å². The summed E-state index contributed by atoms with van der Waals surface area (Å²) in [4.78, 5) is 4.23. The lowest BCUT2D eigenvalue weighted by Crippen LogP contribution is -2.00. The normalized spacial score (nSPS) is 10.6. The summed E-state index contributed by atoms with van der Waals surface area (Å²) in [6.45, 7) is 0.659. The van der Waals surface area contributed by atoms with Gasteiger partial charge in [-0.05, 0) is 19.0 Å². The number of oxazole rings is 1. The molecule has 0 amide bonds. The molecular formula is C12H13BrN2O. The van der Waals surface area contributed by atoms with Crippen molar-refractivity contribution in [1.82, 2.24) is 4.98 Å². The molecule has 0 bridgehead atoms. The Kier molecular flexibility index (Phi) is 3.74. The van der Waals surface area contributed by atoms with E-state index in [1.807, 2.05) is 24.3 Å². The SMILES string of the molecule is NCCCc1ncc(-c2ccccc2Br)o1. The molecule has 1 aromatic carbocycles. The summed E-state index contributed by atoms with van der Waals surface area (Å²) in [6.07, 6.45) is 3.45. The zero-order chi connectivity index (χ0) is 11.4. The number of rotatable bonds is 4. The van der Waals surface area contributed by atoms with Gasteiger partial charge >= 0.3 is 0 Å². The number of nitrogens with zero attached hydrogens (tertiary/aromatic N) is 1. The first-order chi connectivity index (χ1) is 7.81. The van der Waals surface area contributed by atoms with Gasteiger partial charge in [-0.1, -0.05) is 34.1 Å². The molecule has 0 radical (unpaired) electrons. The lowest BCUT2D eigenvalue weighted by molar-refractivity contribution is 0.499. The fourth-order valence-electron chi connectivity index (χ4n) is 1.46. The van der Waals surface area contributed by atoms with Crippen molar-refractivity contribution in [3.8, 4) is 11.3 Å². The molecule has 16 heavy (non-hydrogen) atoms. The molecule has 0 saturated carbocycles. The summed E-state index contributed by atoms with van der Waals surface area (Å²) in [5.74, 6) is 1.54. The third-order valence-electron chi connectivity index (χ3n) is 2.29. The van der Waals surface area contributed by atoms with Crippen molar-refractivity contribution < 1.29 is 4.42 Å². The van der Waals surface area contributed by atoms with Gasteiger partial charge < -0.3 is 10.2 Å². The fourth-order valence-corrected chi connectivity index (χ4v) is 1.94. The third kappa shape index (κ3) is 2.51. The average Bonchev–Trinajstić information content (AvgIpc) is 2.75. The van der Waals surface area contributed by atoms with Gasteiger partial charge in [0, 0.05) is 16.5 Å². The largest absolute Gasteiger partial charge is 0.441 e. The Morgan fingerprint density at radius 1 is 1.31 bits per heavy atom. The van der Waals surface area contributed by atoms with Gasteiger partial charge in [-0.2, -0.15) is 0 Å². The van der Waals surface area contributed by atoms with Crippen molar-refractivity contribution >= 4 is 15.9 Å². The van der Waals surface area contributed by atoms with Gasteiger partial charge in [0.05, 0.1) is 6.20 Å². The molecule has 0 aliphatic rings. The molecule has 2 aromatic rings. The number of aryl methyl sites for hydroxylation is 1. The molecule has 0 saturated heterocycles. The molecule has 3 nitrogen and oxygen atoms in total. The molecule has 2 rings (SSSR count). The summed E-state index contributed by atoms with van der Waals surface area (Å²) < 4.78 is 6.67. The van der Waals surface area contributed by atoms with Crippen LogP contribution in [-0.4, -0.2) is 11.5 Å². The Hall–Kier alpha value is -1.13. The molecule has 4 heteroatoms. The lowest BCUT2D eigenvalue weighted by atomic mass is 10.2. The predicted octanol–water partition coefficient (Wildman–Crippen LogP) is 3.00. The highest BCUT2D eigenvalue weighted by Crippen LogP contribution is 2.28. The molecule has 0 fully saturated rings. The summed E-state index contributed by atoms with van der Waals surface area (Å²) in [6, 6.07) is 7.93. The van der Waals surface area contributed by atoms with Gasteiger partial charge in [0.2, 0.25) is 0 Å². The number of nitrogens with two attached hydrogens (primary N) is 1. The fraction of sp³-hybridized carbons (Fsp3) is 0.250. The van der Waals surface area contributed by atoms with E-state index in [2.05, 4.69) is 20.9 Å². The van der Waals surface area contributed by atoms with E-state index in [1.165, 1.54) is 0 Å². The van der Waals surface area contributed by atoms with E-state index >= 15 is 0 Å². The lowest BCUT2D eigenvalue weighted by Gasteiger charge is -1.98. The Morgan fingerprint density at radius 3 is 2.88 bits per heavy atom. The van der Waals surface area contributed by atoms with Crippen molar-refractivity contribution in [2.75, 3.05) is 6.54 Å². The zero-order valence-electron chi connectivity index (χ0n) is 8.82. The van der Waals surface area contributed by atoms with Crippen LogP contribution in [0.2, 0.25) is 0 Å². The first-order valence-electron chi connectivity index (χ1n) is 5.21. The Morgan fingerprint density at radius 2 is 2.12 bits per heavy atom. The van der Waals surface area contributed by atoms with Crippen molar-refractivity contribution in [2.24, 2.45) is 5.73 Å². The van der Waals surface area contributed by atoms with E-state index < -0.39 is 0 Å². The first kappa shape index (κ1) is 11.4. The maximum atomic E-state index is 5.66. The summed E-state index contributed by atoms with van der Waals surface area (Å²) in [5, 5.41) is 0. The van der Waals surface area contributed by atoms with E-state index in [9.17, 15) is 0 Å². The minimum absolute atomic E-state index is 0.659. The Balaban J connectivity index is 2.22. The van der Waals surface area contributed by atoms with Crippen molar-refractivity contribution in [2.45, 2.75) is 12.8 Å². The minimum atomic E-state index is 0.659. The molecule has 2 N–H and O–H groups in total. The summed E-state index contributed by atoms with van der Waals surface area (Å²) in [5.41, 5.74) is 6.46. The maximum Gasteiger partial charge on any atom is 0.194 e. The van der Waals surface area contributed by atoms with Crippen molar-refractivity contribution in [1.29, 1.82) is 0 Å². The van der Waals surface area contributed by atoms with Crippen LogP contribution in [0.1, 0.15) is 12.3 Å². The van der Waals surface area contributed by atoms with Gasteiger partial charge in [-0.25, -0.2) is 4.98 Å². The highest BCUT2D eigenvalue weighted by Gasteiger charge is 2.08. The van der Waals surface area contributed by atoms with Crippen LogP contribution in [0.15, 0.2) is 39.4 Å². The van der Waals surface area contributed by atoms with Crippen molar-refractivity contribution in [3.05, 3.63) is 40.8 Å². The average molecular weight is 281 g/mol. The van der Waals surface area contributed by atoms with E-state index in [0.29, 0.717) is 6.54 Å². The van der Waals surface area contributed by atoms with Crippen LogP contribution in [-0.2, 0) is 6.42 Å². The molecule has 0 aliphatic heterocycles. The van der Waals surface area contributed by atoms with Crippen LogP contribution in [0.4, 0.5) is 0 Å². The smallest absolute Gasteiger partial charge is 0.194 e. The number of aromatic nitrogens is 1. The number of hydrogen-bond donors (Lipinski definition) is 1. The second-order valence-corrected chi connectivity index (χ2v) is 4.34. The van der Waals surface area contributed by atoms with E-state index in [1.54, 1.807) is 6.20 Å². The van der Waals surface area contributed by atoms with E-state index in [4.69, 9.17) is 10.2 Å². The Labute approximate surface area is 103 Å². The second-order valence-electron chi connectivity index (χ2n) is 3.49. The predicted molar refractivity (Wildman–Crippen MR) is 67.0 cm³/mol. The standard InChI is InChI=1S/C12H13BrN2O/c13-10-5-2-1-4-9(10)11-8-15-12(16-11)6-3-7-14/h1-2,4-5,8H,3,6-7,14H2. The van der Waals surface area contributed by atoms with Crippen LogP contribution in [0, 0.1) is 0 Å². The molecule has 0 unspecified atom stereocenters. The van der Waals surface area contributed by atoms with Crippen LogP contribution < -0.4 is 5.73 Å². The van der Waals surface area contributed by atoms with Crippen LogP contribution in [0.25, 0.3) is 11.3 Å². The molecule has 0 spiro atoms.